The summed E-state index contributed by atoms with van der Waals surface area (Å²) in [6.07, 6.45) is 6.77. The van der Waals surface area contributed by atoms with E-state index in [1.54, 1.807) is 20.5 Å². The van der Waals surface area contributed by atoms with Crippen molar-refractivity contribution in [2.24, 2.45) is 0 Å². The molecule has 1 N–H and O–H groups in total. The second kappa shape index (κ2) is 8.32. The summed E-state index contributed by atoms with van der Waals surface area (Å²) in [7, 11) is 3.23. The van der Waals surface area contributed by atoms with E-state index in [9.17, 15) is 4.79 Å². The molecule has 1 aromatic rings. The van der Waals surface area contributed by atoms with Crippen molar-refractivity contribution in [3.8, 4) is 11.5 Å². The van der Waals surface area contributed by atoms with E-state index in [1.165, 1.54) is 0 Å². The van der Waals surface area contributed by atoms with Crippen molar-refractivity contribution in [2.45, 2.75) is 31.8 Å². The molecule has 1 aromatic carbocycles. The van der Waals surface area contributed by atoms with Crippen molar-refractivity contribution < 1.29 is 19.0 Å². The van der Waals surface area contributed by atoms with E-state index >= 15 is 0 Å². The van der Waals surface area contributed by atoms with E-state index in [4.69, 9.17) is 14.2 Å². The Kier molecular flexibility index (Phi) is 6.13. The first-order valence-corrected chi connectivity index (χ1v) is 7.51. The second-order valence-electron chi connectivity index (χ2n) is 5.19. The molecule has 2 rings (SSSR count). The predicted octanol–water partition coefficient (Wildman–Crippen LogP) is 2.45. The van der Waals surface area contributed by atoms with Crippen LogP contribution in [0, 0.1) is 0 Å². The van der Waals surface area contributed by atoms with Crippen LogP contribution >= 0.6 is 0 Å². The number of rotatable bonds is 8. The zero-order chi connectivity index (χ0) is 15.8. The van der Waals surface area contributed by atoms with E-state index in [-0.39, 0.29) is 12.0 Å². The lowest BCUT2D eigenvalue weighted by Crippen LogP contribution is -2.26. The SMILES string of the molecule is COc1ccc(CCNC(=O)CCC2CC=CO2)cc1OC. The number of amides is 1. The van der Waals surface area contributed by atoms with Crippen LogP contribution in [0.2, 0.25) is 0 Å². The molecule has 0 aromatic heterocycles. The van der Waals surface area contributed by atoms with E-state index in [0.717, 1.165) is 24.8 Å². The molecule has 0 saturated carbocycles. The van der Waals surface area contributed by atoms with Gasteiger partial charge in [0.25, 0.3) is 0 Å². The van der Waals surface area contributed by atoms with Crippen molar-refractivity contribution in [3.05, 3.63) is 36.1 Å². The van der Waals surface area contributed by atoms with Crippen LogP contribution in [0.1, 0.15) is 24.8 Å². The van der Waals surface area contributed by atoms with Crippen molar-refractivity contribution in [3.63, 3.8) is 0 Å². The van der Waals surface area contributed by atoms with Crippen LogP contribution in [0.25, 0.3) is 0 Å². The fourth-order valence-electron chi connectivity index (χ4n) is 2.38. The number of hydrogen-bond acceptors (Lipinski definition) is 4. The van der Waals surface area contributed by atoms with Crippen molar-refractivity contribution in [2.75, 3.05) is 20.8 Å². The zero-order valence-corrected chi connectivity index (χ0v) is 13.1. The molecular formula is C17H23NO4. The van der Waals surface area contributed by atoms with Crippen LogP contribution in [0.5, 0.6) is 11.5 Å². The summed E-state index contributed by atoms with van der Waals surface area (Å²) in [6.45, 7) is 0.609. The highest BCUT2D eigenvalue weighted by molar-refractivity contribution is 5.75. The van der Waals surface area contributed by atoms with E-state index in [0.29, 0.717) is 24.5 Å². The van der Waals surface area contributed by atoms with Gasteiger partial charge in [-0.1, -0.05) is 6.07 Å². The quantitative estimate of drug-likeness (QED) is 0.801. The highest BCUT2D eigenvalue weighted by atomic mass is 16.5. The number of ether oxygens (including phenoxy) is 3. The summed E-state index contributed by atoms with van der Waals surface area (Å²) in [4.78, 5) is 11.8. The average Bonchev–Trinajstić information content (AvgIpc) is 3.06. The monoisotopic (exact) mass is 305 g/mol. The third-order valence-electron chi connectivity index (χ3n) is 3.64. The maximum absolute atomic E-state index is 11.8. The topological polar surface area (TPSA) is 56.8 Å². The molecule has 0 bridgehead atoms. The maximum atomic E-state index is 11.8. The molecule has 1 atom stereocenters. The van der Waals surface area contributed by atoms with Gasteiger partial charge in [0, 0.05) is 19.4 Å². The van der Waals surface area contributed by atoms with E-state index < -0.39 is 0 Å². The van der Waals surface area contributed by atoms with Gasteiger partial charge in [-0.2, -0.15) is 0 Å². The molecule has 1 aliphatic heterocycles. The highest BCUT2D eigenvalue weighted by Crippen LogP contribution is 2.27. The fraction of sp³-hybridized carbons (Fsp3) is 0.471. The molecule has 0 fully saturated rings. The first-order valence-electron chi connectivity index (χ1n) is 7.51. The fourth-order valence-corrected chi connectivity index (χ4v) is 2.38. The van der Waals surface area contributed by atoms with Gasteiger partial charge in [0.05, 0.1) is 20.5 Å². The number of carbonyl (C=O) groups excluding carboxylic acids is 1. The normalized spacial score (nSPS) is 16.2. The number of nitrogens with one attached hydrogen (secondary N) is 1. The summed E-state index contributed by atoms with van der Waals surface area (Å²) >= 11 is 0. The molecule has 0 spiro atoms. The van der Waals surface area contributed by atoms with Gasteiger partial charge in [0.2, 0.25) is 5.91 Å². The van der Waals surface area contributed by atoms with Crippen LogP contribution in [0.3, 0.4) is 0 Å². The van der Waals surface area contributed by atoms with Crippen molar-refractivity contribution in [1.29, 1.82) is 0 Å². The minimum Gasteiger partial charge on any atom is -0.498 e. The van der Waals surface area contributed by atoms with Gasteiger partial charge in [-0.3, -0.25) is 4.79 Å². The lowest BCUT2D eigenvalue weighted by Gasteiger charge is -2.11. The summed E-state index contributed by atoms with van der Waals surface area (Å²) < 4.78 is 15.8. The van der Waals surface area contributed by atoms with Gasteiger partial charge in [-0.25, -0.2) is 0 Å². The number of carbonyl (C=O) groups is 1. The van der Waals surface area contributed by atoms with Gasteiger partial charge in [0.1, 0.15) is 6.10 Å². The molecule has 0 saturated heterocycles. The Morgan fingerprint density at radius 1 is 1.32 bits per heavy atom. The Morgan fingerprint density at radius 3 is 2.82 bits per heavy atom. The lowest BCUT2D eigenvalue weighted by atomic mass is 10.1. The Bertz CT molecular complexity index is 519. The Hall–Kier alpha value is -2.17. The third-order valence-corrected chi connectivity index (χ3v) is 3.64. The van der Waals surface area contributed by atoms with Gasteiger partial charge in [-0.05, 0) is 36.6 Å². The number of benzene rings is 1. The number of methoxy groups -OCH3 is 2. The van der Waals surface area contributed by atoms with Gasteiger partial charge < -0.3 is 19.5 Å². The van der Waals surface area contributed by atoms with Gasteiger partial charge in [-0.15, -0.1) is 0 Å². The first kappa shape index (κ1) is 16.2. The van der Waals surface area contributed by atoms with Crippen LogP contribution in [-0.4, -0.2) is 32.8 Å². The largest absolute Gasteiger partial charge is 0.498 e. The smallest absolute Gasteiger partial charge is 0.220 e. The second-order valence-corrected chi connectivity index (χ2v) is 5.19. The molecule has 0 radical (unpaired) electrons. The van der Waals surface area contributed by atoms with Crippen molar-refractivity contribution >= 4 is 5.91 Å². The Balaban J connectivity index is 1.70. The molecule has 120 valence electrons. The molecule has 1 amide bonds. The average molecular weight is 305 g/mol. The van der Waals surface area contributed by atoms with E-state index in [1.807, 2.05) is 24.3 Å². The molecule has 22 heavy (non-hydrogen) atoms. The van der Waals surface area contributed by atoms with Crippen LogP contribution < -0.4 is 14.8 Å². The minimum absolute atomic E-state index is 0.0657. The summed E-state index contributed by atoms with van der Waals surface area (Å²) in [5.41, 5.74) is 1.10. The molecule has 1 heterocycles. The minimum atomic E-state index is 0.0657. The van der Waals surface area contributed by atoms with Crippen LogP contribution in [0.4, 0.5) is 0 Å². The van der Waals surface area contributed by atoms with E-state index in [2.05, 4.69) is 5.32 Å². The molecule has 0 aliphatic carbocycles. The van der Waals surface area contributed by atoms with Gasteiger partial charge in [0.15, 0.2) is 11.5 Å². The molecule has 1 unspecified atom stereocenters. The van der Waals surface area contributed by atoms with Crippen LogP contribution in [0.15, 0.2) is 30.5 Å². The first-order chi connectivity index (χ1) is 10.7. The van der Waals surface area contributed by atoms with Crippen LogP contribution in [-0.2, 0) is 16.0 Å². The summed E-state index contributed by atoms with van der Waals surface area (Å²) in [5.74, 6) is 1.48. The molecule has 5 nitrogen and oxygen atoms in total. The third kappa shape index (κ3) is 4.69. The summed E-state index contributed by atoms with van der Waals surface area (Å²) in [5, 5.41) is 2.93. The van der Waals surface area contributed by atoms with Crippen molar-refractivity contribution in [1.82, 2.24) is 5.32 Å². The Labute approximate surface area is 131 Å². The zero-order valence-electron chi connectivity index (χ0n) is 13.1. The predicted molar refractivity (Wildman–Crippen MR) is 84.1 cm³/mol. The summed E-state index contributed by atoms with van der Waals surface area (Å²) in [6, 6.07) is 5.79. The standard InChI is InChI=1S/C17H23NO4/c1-20-15-7-5-13(12-16(15)21-2)9-10-18-17(19)8-6-14-4-3-11-22-14/h3,5,7,11-12,14H,4,6,8-10H2,1-2H3,(H,18,19). The molecule has 5 heteroatoms. The number of hydrogen-bond donors (Lipinski definition) is 1. The molecular weight excluding hydrogens is 282 g/mol. The van der Waals surface area contributed by atoms with Gasteiger partial charge >= 0.3 is 0 Å². The maximum Gasteiger partial charge on any atom is 0.220 e. The lowest BCUT2D eigenvalue weighted by molar-refractivity contribution is -0.121. The Morgan fingerprint density at radius 2 is 2.14 bits per heavy atom. The molecule has 1 aliphatic rings. The highest BCUT2D eigenvalue weighted by Gasteiger charge is 2.13.